The van der Waals surface area contributed by atoms with E-state index in [0.717, 1.165) is 25.9 Å². The zero-order chi connectivity index (χ0) is 18.1. The standard InChI is InChI=1S/C21H28N2O3/c1-26-18-8-4-7-17(12-18)20(24)23-10-9-16-11-19(23)21(25)22(14-16)13-15-5-2-3-6-15/h4,7-8,12,15-16,19H,2-3,5-6,9-11,13-14H2,1H3/t16-,19+/m0/s1. The van der Waals surface area contributed by atoms with Gasteiger partial charge in [-0.25, -0.2) is 0 Å². The number of hydrogen-bond acceptors (Lipinski definition) is 3. The Morgan fingerprint density at radius 3 is 2.81 bits per heavy atom. The lowest BCUT2D eigenvalue weighted by Gasteiger charge is -2.47. The number of fused-ring (bicyclic) bond motifs is 2. The van der Waals surface area contributed by atoms with Gasteiger partial charge in [-0.2, -0.15) is 0 Å². The third-order valence-electron chi connectivity index (χ3n) is 6.32. The Labute approximate surface area is 155 Å². The molecule has 1 aliphatic carbocycles. The molecule has 0 spiro atoms. The average molecular weight is 356 g/mol. The molecule has 1 aromatic carbocycles. The Hall–Kier alpha value is -2.04. The molecule has 2 aliphatic heterocycles. The van der Waals surface area contributed by atoms with Gasteiger partial charge in [-0.3, -0.25) is 9.59 Å². The Balaban J connectivity index is 1.50. The maximum Gasteiger partial charge on any atom is 0.254 e. The molecular weight excluding hydrogens is 328 g/mol. The number of methoxy groups -OCH3 is 1. The lowest BCUT2D eigenvalue weighted by atomic mass is 9.85. The topological polar surface area (TPSA) is 49.9 Å². The summed E-state index contributed by atoms with van der Waals surface area (Å²) in [6.07, 6.45) is 6.87. The minimum atomic E-state index is -0.289. The van der Waals surface area contributed by atoms with Crippen molar-refractivity contribution in [2.24, 2.45) is 11.8 Å². The number of ether oxygens (including phenoxy) is 1. The summed E-state index contributed by atoms with van der Waals surface area (Å²) in [4.78, 5) is 30.0. The van der Waals surface area contributed by atoms with E-state index in [0.29, 0.717) is 29.7 Å². The van der Waals surface area contributed by atoms with Crippen LogP contribution >= 0.6 is 0 Å². The molecule has 0 aromatic heterocycles. The summed E-state index contributed by atoms with van der Waals surface area (Å²) in [5, 5.41) is 0. The predicted octanol–water partition coefficient (Wildman–Crippen LogP) is 2.95. The summed E-state index contributed by atoms with van der Waals surface area (Å²) in [6.45, 7) is 2.44. The van der Waals surface area contributed by atoms with Crippen LogP contribution in [0.2, 0.25) is 0 Å². The fraction of sp³-hybridized carbons (Fsp3) is 0.619. The molecule has 0 unspecified atom stereocenters. The molecule has 2 amide bonds. The van der Waals surface area contributed by atoms with Crippen molar-refractivity contribution in [1.82, 2.24) is 9.80 Å². The molecule has 2 atom stereocenters. The molecule has 2 heterocycles. The molecule has 26 heavy (non-hydrogen) atoms. The first-order chi connectivity index (χ1) is 12.7. The van der Waals surface area contributed by atoms with Gasteiger partial charge in [-0.05, 0) is 55.7 Å². The van der Waals surface area contributed by atoms with Crippen molar-refractivity contribution in [3.05, 3.63) is 29.8 Å². The molecule has 0 N–H and O–H groups in total. The lowest BCUT2D eigenvalue weighted by molar-refractivity contribution is -0.144. The molecular formula is C21H28N2O3. The number of likely N-dealkylation sites (tertiary alicyclic amines) is 2. The van der Waals surface area contributed by atoms with Crippen molar-refractivity contribution in [2.45, 2.75) is 44.6 Å². The molecule has 140 valence electrons. The maximum atomic E-state index is 13.1. The van der Waals surface area contributed by atoms with E-state index in [-0.39, 0.29) is 17.9 Å². The van der Waals surface area contributed by atoms with Crippen LogP contribution in [0, 0.1) is 11.8 Å². The summed E-state index contributed by atoms with van der Waals surface area (Å²) in [5.74, 6) is 1.96. The molecule has 2 saturated heterocycles. The zero-order valence-electron chi connectivity index (χ0n) is 15.5. The first-order valence-electron chi connectivity index (χ1n) is 9.89. The van der Waals surface area contributed by atoms with Crippen molar-refractivity contribution < 1.29 is 14.3 Å². The lowest BCUT2D eigenvalue weighted by Crippen LogP contribution is -2.60. The van der Waals surface area contributed by atoms with E-state index < -0.39 is 0 Å². The van der Waals surface area contributed by atoms with Crippen LogP contribution < -0.4 is 4.74 Å². The van der Waals surface area contributed by atoms with Crippen LogP contribution in [0.1, 0.15) is 48.9 Å². The van der Waals surface area contributed by atoms with Gasteiger partial charge in [-0.1, -0.05) is 18.9 Å². The van der Waals surface area contributed by atoms with E-state index >= 15 is 0 Å². The van der Waals surface area contributed by atoms with Crippen LogP contribution in [0.3, 0.4) is 0 Å². The van der Waals surface area contributed by atoms with E-state index in [2.05, 4.69) is 4.90 Å². The molecule has 3 fully saturated rings. The van der Waals surface area contributed by atoms with Crippen LogP contribution in [0.4, 0.5) is 0 Å². The minimum absolute atomic E-state index is 0.0524. The van der Waals surface area contributed by atoms with Gasteiger partial charge in [0.15, 0.2) is 0 Å². The molecule has 0 radical (unpaired) electrons. The number of benzene rings is 1. The number of nitrogens with zero attached hydrogens (tertiary/aromatic N) is 2. The summed E-state index contributed by atoms with van der Waals surface area (Å²) in [7, 11) is 1.60. The van der Waals surface area contributed by atoms with Crippen LogP contribution in [0.15, 0.2) is 24.3 Å². The number of piperidine rings is 2. The predicted molar refractivity (Wildman–Crippen MR) is 99.1 cm³/mol. The third-order valence-corrected chi connectivity index (χ3v) is 6.32. The Kier molecular flexibility index (Phi) is 4.88. The fourth-order valence-electron chi connectivity index (χ4n) is 4.88. The highest BCUT2D eigenvalue weighted by atomic mass is 16.5. The average Bonchev–Trinajstić information content (AvgIpc) is 3.18. The van der Waals surface area contributed by atoms with E-state index in [1.165, 1.54) is 25.7 Å². The summed E-state index contributed by atoms with van der Waals surface area (Å²) in [6, 6.07) is 6.94. The molecule has 3 aliphatic rings. The SMILES string of the molecule is COc1cccc(C(=O)N2CC[C@H]3C[C@@H]2C(=O)N(CC2CCCC2)C3)c1. The van der Waals surface area contributed by atoms with Gasteiger partial charge in [0, 0.05) is 25.2 Å². The van der Waals surface area contributed by atoms with Gasteiger partial charge in [0.2, 0.25) is 5.91 Å². The first-order valence-corrected chi connectivity index (χ1v) is 9.89. The second-order valence-corrected chi connectivity index (χ2v) is 8.03. The van der Waals surface area contributed by atoms with Crippen LogP contribution in [0.25, 0.3) is 0 Å². The van der Waals surface area contributed by atoms with Gasteiger partial charge < -0.3 is 14.5 Å². The molecule has 5 nitrogen and oxygen atoms in total. The number of rotatable bonds is 4. The minimum Gasteiger partial charge on any atom is -0.497 e. The molecule has 5 heteroatoms. The number of hydrogen-bond donors (Lipinski definition) is 0. The van der Waals surface area contributed by atoms with E-state index in [9.17, 15) is 9.59 Å². The Morgan fingerprint density at radius 2 is 2.04 bits per heavy atom. The van der Waals surface area contributed by atoms with E-state index in [4.69, 9.17) is 4.74 Å². The number of carbonyl (C=O) groups is 2. The molecule has 4 rings (SSSR count). The first kappa shape index (κ1) is 17.4. The highest BCUT2D eigenvalue weighted by Crippen LogP contribution is 2.33. The second-order valence-electron chi connectivity index (χ2n) is 8.03. The molecule has 2 bridgehead atoms. The molecule has 1 saturated carbocycles. The van der Waals surface area contributed by atoms with Crippen LogP contribution in [0.5, 0.6) is 5.75 Å². The van der Waals surface area contributed by atoms with Crippen molar-refractivity contribution in [2.75, 3.05) is 26.7 Å². The quantitative estimate of drug-likeness (QED) is 0.833. The van der Waals surface area contributed by atoms with E-state index in [1.54, 1.807) is 24.1 Å². The van der Waals surface area contributed by atoms with Gasteiger partial charge in [0.05, 0.1) is 7.11 Å². The van der Waals surface area contributed by atoms with Crippen molar-refractivity contribution in [3.8, 4) is 5.75 Å². The van der Waals surface area contributed by atoms with Gasteiger partial charge in [0.1, 0.15) is 11.8 Å². The smallest absolute Gasteiger partial charge is 0.254 e. The summed E-state index contributed by atoms with van der Waals surface area (Å²) < 4.78 is 5.24. The van der Waals surface area contributed by atoms with Gasteiger partial charge >= 0.3 is 0 Å². The normalized spacial score (nSPS) is 26.3. The van der Waals surface area contributed by atoms with E-state index in [1.807, 2.05) is 12.1 Å². The van der Waals surface area contributed by atoms with Gasteiger partial charge in [0.25, 0.3) is 5.91 Å². The van der Waals surface area contributed by atoms with Crippen LogP contribution in [-0.4, -0.2) is 54.4 Å². The highest BCUT2D eigenvalue weighted by molar-refractivity contribution is 5.98. The monoisotopic (exact) mass is 356 g/mol. The highest BCUT2D eigenvalue weighted by Gasteiger charge is 2.43. The largest absolute Gasteiger partial charge is 0.497 e. The number of carbonyl (C=O) groups excluding carboxylic acids is 2. The van der Waals surface area contributed by atoms with Crippen molar-refractivity contribution in [1.29, 1.82) is 0 Å². The zero-order valence-corrected chi connectivity index (χ0v) is 15.5. The second kappa shape index (κ2) is 7.29. The summed E-state index contributed by atoms with van der Waals surface area (Å²) >= 11 is 0. The third kappa shape index (κ3) is 3.31. The number of amides is 2. The molecule has 1 aromatic rings. The fourth-order valence-corrected chi connectivity index (χ4v) is 4.88. The van der Waals surface area contributed by atoms with Gasteiger partial charge in [-0.15, -0.1) is 0 Å². The maximum absolute atomic E-state index is 13.1. The van der Waals surface area contributed by atoms with Crippen molar-refractivity contribution >= 4 is 11.8 Å². The Bertz CT molecular complexity index is 684. The Morgan fingerprint density at radius 1 is 1.23 bits per heavy atom. The van der Waals surface area contributed by atoms with Crippen molar-refractivity contribution in [3.63, 3.8) is 0 Å². The van der Waals surface area contributed by atoms with Crippen LogP contribution in [-0.2, 0) is 4.79 Å². The summed E-state index contributed by atoms with van der Waals surface area (Å²) in [5.41, 5.74) is 0.600.